The zero-order chi connectivity index (χ0) is 27.0. The molecule has 3 rings (SSSR count). The van der Waals surface area contributed by atoms with Crippen LogP contribution in [0, 0.1) is 5.41 Å². The molecule has 0 radical (unpaired) electrons. The van der Waals surface area contributed by atoms with Crippen molar-refractivity contribution in [3.8, 4) is 5.75 Å². The maximum Gasteiger partial charge on any atom is 0.343 e. The molecule has 11 nitrogen and oxygen atoms in total. The SMILES string of the molecule is CN([C@@H](Cc1ccccc1)C(=O)O)S(=O)(=O)NCc1ccc(OC(=O)c2ccc(NC(=N)N)cc2)cc1. The van der Waals surface area contributed by atoms with Gasteiger partial charge in [0.25, 0.3) is 10.2 Å². The Bertz CT molecular complexity index is 1350. The number of nitrogens with zero attached hydrogens (tertiary/aromatic N) is 1. The summed E-state index contributed by atoms with van der Waals surface area (Å²) < 4.78 is 34.0. The number of guanidine groups is 1. The summed E-state index contributed by atoms with van der Waals surface area (Å²) in [6, 6.07) is 19.9. The van der Waals surface area contributed by atoms with Crippen molar-refractivity contribution in [1.29, 1.82) is 5.41 Å². The highest BCUT2D eigenvalue weighted by atomic mass is 32.2. The molecule has 0 fully saturated rings. The molecule has 0 spiro atoms. The van der Waals surface area contributed by atoms with Crippen molar-refractivity contribution < 1.29 is 27.9 Å². The van der Waals surface area contributed by atoms with Crippen LogP contribution in [0.4, 0.5) is 5.69 Å². The zero-order valence-corrected chi connectivity index (χ0v) is 20.7. The van der Waals surface area contributed by atoms with Gasteiger partial charge in [0.15, 0.2) is 5.96 Å². The number of anilines is 1. The van der Waals surface area contributed by atoms with Gasteiger partial charge in [-0.25, -0.2) is 4.79 Å². The Balaban J connectivity index is 1.58. The van der Waals surface area contributed by atoms with E-state index in [1.807, 2.05) is 0 Å². The summed E-state index contributed by atoms with van der Waals surface area (Å²) in [5, 5.41) is 19.4. The number of hydrogen-bond acceptors (Lipinski definition) is 6. The molecule has 1 atom stereocenters. The number of nitrogens with one attached hydrogen (secondary N) is 3. The van der Waals surface area contributed by atoms with E-state index in [-0.39, 0.29) is 30.2 Å². The number of carbonyl (C=O) groups is 2. The summed E-state index contributed by atoms with van der Waals surface area (Å²) in [5.74, 6) is -1.82. The van der Waals surface area contributed by atoms with Gasteiger partial charge in [0.05, 0.1) is 5.56 Å². The molecule has 12 heteroatoms. The van der Waals surface area contributed by atoms with Gasteiger partial charge in [0.2, 0.25) is 0 Å². The van der Waals surface area contributed by atoms with Crippen molar-refractivity contribution in [2.75, 3.05) is 12.4 Å². The number of carboxylic acid groups (broad SMARTS) is 1. The van der Waals surface area contributed by atoms with E-state index < -0.39 is 28.2 Å². The Morgan fingerprint density at radius 1 is 1.00 bits per heavy atom. The number of esters is 1. The quantitative estimate of drug-likeness (QED) is 0.110. The maximum atomic E-state index is 12.8. The third kappa shape index (κ3) is 7.87. The predicted octanol–water partition coefficient (Wildman–Crippen LogP) is 2.17. The molecule has 0 unspecified atom stereocenters. The fraction of sp³-hybridized carbons (Fsp3) is 0.160. The van der Waals surface area contributed by atoms with E-state index in [2.05, 4.69) is 10.0 Å². The van der Waals surface area contributed by atoms with E-state index in [4.69, 9.17) is 15.9 Å². The zero-order valence-electron chi connectivity index (χ0n) is 19.9. The molecule has 0 bridgehead atoms. The van der Waals surface area contributed by atoms with Crippen molar-refractivity contribution in [3.63, 3.8) is 0 Å². The first-order valence-corrected chi connectivity index (χ1v) is 12.5. The summed E-state index contributed by atoms with van der Waals surface area (Å²) in [6.45, 7) is -0.0941. The molecule has 0 saturated carbocycles. The third-order valence-corrected chi connectivity index (χ3v) is 6.89. The van der Waals surface area contributed by atoms with Crippen LogP contribution in [-0.4, -0.2) is 48.8 Å². The second-order valence-corrected chi connectivity index (χ2v) is 9.85. The van der Waals surface area contributed by atoms with Crippen LogP contribution in [0.1, 0.15) is 21.5 Å². The van der Waals surface area contributed by atoms with Gasteiger partial charge >= 0.3 is 11.9 Å². The van der Waals surface area contributed by atoms with Gasteiger partial charge in [-0.2, -0.15) is 17.4 Å². The molecule has 0 aliphatic heterocycles. The molecule has 0 saturated heterocycles. The fourth-order valence-electron chi connectivity index (χ4n) is 3.34. The molecule has 0 heterocycles. The van der Waals surface area contributed by atoms with E-state index in [1.165, 1.54) is 31.3 Å². The van der Waals surface area contributed by atoms with E-state index in [0.717, 1.165) is 4.31 Å². The lowest BCUT2D eigenvalue weighted by molar-refractivity contribution is -0.141. The highest BCUT2D eigenvalue weighted by Crippen LogP contribution is 2.17. The van der Waals surface area contributed by atoms with Crippen LogP contribution in [0.5, 0.6) is 5.75 Å². The van der Waals surface area contributed by atoms with Crippen LogP contribution in [-0.2, 0) is 28.0 Å². The Hall–Kier alpha value is -4.26. The van der Waals surface area contributed by atoms with Gasteiger partial charge in [-0.3, -0.25) is 10.2 Å². The van der Waals surface area contributed by atoms with Crippen molar-refractivity contribution in [2.45, 2.75) is 19.0 Å². The van der Waals surface area contributed by atoms with Crippen molar-refractivity contribution >= 4 is 33.8 Å². The highest BCUT2D eigenvalue weighted by molar-refractivity contribution is 7.87. The predicted molar refractivity (Wildman–Crippen MR) is 138 cm³/mol. The average Bonchev–Trinajstić information content (AvgIpc) is 2.87. The second-order valence-electron chi connectivity index (χ2n) is 8.04. The smallest absolute Gasteiger partial charge is 0.343 e. The first-order chi connectivity index (χ1) is 17.5. The Morgan fingerprint density at radius 2 is 1.62 bits per heavy atom. The number of nitrogens with two attached hydrogens (primary N) is 1. The molecular formula is C25H27N5O6S. The molecule has 6 N–H and O–H groups in total. The fourth-order valence-corrected chi connectivity index (χ4v) is 4.39. The molecular weight excluding hydrogens is 498 g/mol. The Labute approximate surface area is 214 Å². The third-order valence-electron chi connectivity index (χ3n) is 5.37. The topological polar surface area (TPSA) is 175 Å². The van der Waals surface area contributed by atoms with Crippen LogP contribution in [0.2, 0.25) is 0 Å². The number of hydrogen-bond donors (Lipinski definition) is 5. The summed E-state index contributed by atoms with van der Waals surface area (Å²) in [6.07, 6.45) is 0.0175. The largest absolute Gasteiger partial charge is 0.480 e. The van der Waals surface area contributed by atoms with Gasteiger partial charge in [-0.15, -0.1) is 0 Å². The lowest BCUT2D eigenvalue weighted by atomic mass is 10.1. The van der Waals surface area contributed by atoms with Gasteiger partial charge in [-0.1, -0.05) is 42.5 Å². The lowest BCUT2D eigenvalue weighted by Crippen LogP contribution is -2.48. The Morgan fingerprint density at radius 3 is 2.19 bits per heavy atom. The molecule has 3 aromatic rings. The van der Waals surface area contributed by atoms with Crippen molar-refractivity contribution in [1.82, 2.24) is 9.03 Å². The molecule has 0 aliphatic carbocycles. The summed E-state index contributed by atoms with van der Waals surface area (Å²) >= 11 is 0. The number of carbonyl (C=O) groups excluding carboxylic acids is 1. The highest BCUT2D eigenvalue weighted by Gasteiger charge is 2.31. The number of aliphatic carboxylic acids is 1. The number of benzene rings is 3. The monoisotopic (exact) mass is 525 g/mol. The summed E-state index contributed by atoms with van der Waals surface area (Å²) in [5.41, 5.74) is 7.38. The minimum atomic E-state index is -4.11. The van der Waals surface area contributed by atoms with E-state index in [0.29, 0.717) is 16.8 Å². The van der Waals surface area contributed by atoms with Crippen LogP contribution in [0.15, 0.2) is 78.9 Å². The normalized spacial score (nSPS) is 12.1. The lowest BCUT2D eigenvalue weighted by Gasteiger charge is -2.24. The first-order valence-electron chi connectivity index (χ1n) is 11.1. The van der Waals surface area contributed by atoms with Crippen LogP contribution >= 0.6 is 0 Å². The van der Waals surface area contributed by atoms with Gasteiger partial charge < -0.3 is 20.9 Å². The van der Waals surface area contributed by atoms with Crippen LogP contribution < -0.4 is 20.5 Å². The molecule has 3 aromatic carbocycles. The Kier molecular flexibility index (Phi) is 8.95. The van der Waals surface area contributed by atoms with Crippen LogP contribution in [0.3, 0.4) is 0 Å². The van der Waals surface area contributed by atoms with Crippen molar-refractivity contribution in [3.05, 3.63) is 95.6 Å². The number of carboxylic acids is 1. The van der Waals surface area contributed by atoms with E-state index in [1.54, 1.807) is 54.6 Å². The van der Waals surface area contributed by atoms with E-state index in [9.17, 15) is 23.1 Å². The minimum absolute atomic E-state index is 0.0175. The first kappa shape index (κ1) is 27.3. The standard InChI is InChI=1S/C25H27N5O6S/c1-30(22(23(31)32)15-17-5-3-2-4-6-17)37(34,35)28-16-18-7-13-21(14-8-18)36-24(33)19-9-11-20(12-10-19)29-25(26)27/h2-14,22,28H,15-16H2,1H3,(H,31,32)(H4,26,27,29)/t22-/m0/s1. The second kappa shape index (κ2) is 12.1. The minimum Gasteiger partial charge on any atom is -0.480 e. The summed E-state index contributed by atoms with van der Waals surface area (Å²) in [7, 11) is -2.89. The van der Waals surface area contributed by atoms with Crippen LogP contribution in [0.25, 0.3) is 0 Å². The molecule has 0 aromatic heterocycles. The molecule has 194 valence electrons. The molecule has 0 aliphatic rings. The number of ether oxygens (including phenoxy) is 1. The van der Waals surface area contributed by atoms with Gasteiger partial charge in [-0.05, 0) is 53.9 Å². The molecule has 37 heavy (non-hydrogen) atoms. The van der Waals surface area contributed by atoms with Crippen molar-refractivity contribution in [2.24, 2.45) is 5.73 Å². The molecule has 0 amide bonds. The summed E-state index contributed by atoms with van der Waals surface area (Å²) in [4.78, 5) is 24.1. The van der Waals surface area contributed by atoms with E-state index >= 15 is 0 Å². The number of likely N-dealkylation sites (N-methyl/N-ethyl adjacent to an activating group) is 1. The van der Waals surface area contributed by atoms with Gasteiger partial charge in [0, 0.05) is 19.3 Å². The number of rotatable bonds is 11. The maximum absolute atomic E-state index is 12.8. The average molecular weight is 526 g/mol. The van der Waals surface area contributed by atoms with Gasteiger partial charge in [0.1, 0.15) is 11.8 Å².